The minimum atomic E-state index is -3.61. The van der Waals surface area contributed by atoms with Crippen molar-refractivity contribution >= 4 is 33.4 Å². The zero-order valence-electron chi connectivity index (χ0n) is 16.2. The lowest BCUT2D eigenvalue weighted by Gasteiger charge is -2.12. The van der Waals surface area contributed by atoms with Crippen LogP contribution in [0.15, 0.2) is 52.3 Å². The lowest BCUT2D eigenvalue weighted by molar-refractivity contribution is 0.102. The molecule has 0 unspecified atom stereocenters. The maximum absolute atomic E-state index is 12.7. The number of rotatable bonds is 7. The molecule has 3 rings (SSSR count). The number of anilines is 1. The topological polar surface area (TPSA) is 75.3 Å². The molecule has 0 atom stereocenters. The van der Waals surface area contributed by atoms with Crippen molar-refractivity contribution in [1.82, 2.24) is 4.72 Å². The van der Waals surface area contributed by atoms with Crippen LogP contribution >= 0.6 is 11.8 Å². The van der Waals surface area contributed by atoms with E-state index in [0.29, 0.717) is 23.0 Å². The van der Waals surface area contributed by atoms with Crippen molar-refractivity contribution in [2.45, 2.75) is 54.6 Å². The van der Waals surface area contributed by atoms with Gasteiger partial charge in [-0.25, -0.2) is 13.1 Å². The Labute approximate surface area is 171 Å². The third-order valence-electron chi connectivity index (χ3n) is 4.82. The number of sulfonamides is 1. The first-order valence-corrected chi connectivity index (χ1v) is 11.9. The van der Waals surface area contributed by atoms with Crippen LogP contribution in [0.3, 0.4) is 0 Å². The van der Waals surface area contributed by atoms with E-state index < -0.39 is 10.0 Å². The summed E-state index contributed by atoms with van der Waals surface area (Å²) in [6, 6.07) is 12.4. The number of carbonyl (C=O) groups is 1. The third kappa shape index (κ3) is 5.16. The molecule has 0 saturated heterocycles. The van der Waals surface area contributed by atoms with Crippen LogP contribution in [0.25, 0.3) is 0 Å². The number of nitrogens with one attached hydrogen (secondary N) is 2. The summed E-state index contributed by atoms with van der Waals surface area (Å²) >= 11 is 1.90. The van der Waals surface area contributed by atoms with Gasteiger partial charge in [-0.15, -0.1) is 11.8 Å². The van der Waals surface area contributed by atoms with Gasteiger partial charge >= 0.3 is 0 Å². The van der Waals surface area contributed by atoms with Crippen LogP contribution in [-0.2, 0) is 10.0 Å². The van der Waals surface area contributed by atoms with Crippen molar-refractivity contribution in [2.75, 3.05) is 11.9 Å². The van der Waals surface area contributed by atoms with Crippen molar-refractivity contribution < 1.29 is 13.2 Å². The molecule has 2 aromatic carbocycles. The number of benzene rings is 2. The van der Waals surface area contributed by atoms with E-state index in [0.717, 1.165) is 5.56 Å². The SMILES string of the molecule is CCNS(=O)(=O)c1ccc(C)c(C(=O)Nc2ccc(SC3CCCC3)cc2)c1. The summed E-state index contributed by atoms with van der Waals surface area (Å²) in [5, 5.41) is 3.57. The molecule has 2 aromatic rings. The molecular weight excluding hydrogens is 392 g/mol. The molecule has 1 aliphatic carbocycles. The van der Waals surface area contributed by atoms with Crippen LogP contribution < -0.4 is 10.0 Å². The Morgan fingerprint density at radius 2 is 1.79 bits per heavy atom. The van der Waals surface area contributed by atoms with Gasteiger partial charge in [-0.1, -0.05) is 25.8 Å². The van der Waals surface area contributed by atoms with Gasteiger partial charge in [-0.05, 0) is 61.7 Å². The van der Waals surface area contributed by atoms with Crippen molar-refractivity contribution in [2.24, 2.45) is 0 Å². The molecule has 1 aliphatic rings. The average molecular weight is 419 g/mol. The van der Waals surface area contributed by atoms with E-state index in [-0.39, 0.29) is 10.8 Å². The minimum Gasteiger partial charge on any atom is -0.322 e. The van der Waals surface area contributed by atoms with E-state index in [1.165, 1.54) is 42.7 Å². The Morgan fingerprint density at radius 1 is 1.11 bits per heavy atom. The van der Waals surface area contributed by atoms with Crippen LogP contribution in [-0.4, -0.2) is 26.1 Å². The molecule has 0 spiro atoms. The van der Waals surface area contributed by atoms with Gasteiger partial charge in [0, 0.05) is 27.9 Å². The van der Waals surface area contributed by atoms with Gasteiger partial charge in [-0.2, -0.15) is 0 Å². The first-order chi connectivity index (χ1) is 13.4. The third-order valence-corrected chi connectivity index (χ3v) is 7.71. The Morgan fingerprint density at radius 3 is 2.43 bits per heavy atom. The lowest BCUT2D eigenvalue weighted by Crippen LogP contribution is -2.24. The highest BCUT2D eigenvalue weighted by molar-refractivity contribution is 8.00. The molecule has 2 N–H and O–H groups in total. The normalized spacial score (nSPS) is 14.9. The number of hydrogen-bond acceptors (Lipinski definition) is 4. The van der Waals surface area contributed by atoms with Gasteiger partial charge < -0.3 is 5.32 Å². The minimum absolute atomic E-state index is 0.0911. The highest BCUT2D eigenvalue weighted by atomic mass is 32.2. The second kappa shape index (κ2) is 9.11. The van der Waals surface area contributed by atoms with Gasteiger partial charge in [0.2, 0.25) is 10.0 Å². The summed E-state index contributed by atoms with van der Waals surface area (Å²) < 4.78 is 26.9. The number of carbonyl (C=O) groups excluding carboxylic acids is 1. The first kappa shape index (κ1) is 20.9. The molecular formula is C21H26N2O3S2. The van der Waals surface area contributed by atoms with Crippen molar-refractivity contribution in [3.8, 4) is 0 Å². The van der Waals surface area contributed by atoms with E-state index >= 15 is 0 Å². The van der Waals surface area contributed by atoms with Gasteiger partial charge in [0.25, 0.3) is 5.91 Å². The molecule has 1 amide bonds. The van der Waals surface area contributed by atoms with Crippen molar-refractivity contribution in [3.63, 3.8) is 0 Å². The van der Waals surface area contributed by atoms with E-state index in [4.69, 9.17) is 0 Å². The fourth-order valence-corrected chi connectivity index (χ4v) is 5.61. The van der Waals surface area contributed by atoms with E-state index in [1.54, 1.807) is 19.9 Å². The monoisotopic (exact) mass is 418 g/mol. The Balaban J connectivity index is 1.72. The Kier molecular flexibility index (Phi) is 6.80. The summed E-state index contributed by atoms with van der Waals surface area (Å²) in [6.07, 6.45) is 5.17. The number of aryl methyl sites for hydroxylation is 1. The molecule has 150 valence electrons. The highest BCUT2D eigenvalue weighted by Crippen LogP contribution is 2.35. The van der Waals surface area contributed by atoms with E-state index in [9.17, 15) is 13.2 Å². The predicted octanol–water partition coefficient (Wildman–Crippen LogP) is 4.58. The molecule has 1 fully saturated rings. The second-order valence-corrected chi connectivity index (χ2v) is 10.1. The Hall–Kier alpha value is -1.83. The molecule has 1 saturated carbocycles. The molecule has 0 radical (unpaired) electrons. The quantitative estimate of drug-likeness (QED) is 0.690. The van der Waals surface area contributed by atoms with Crippen LogP contribution in [0.1, 0.15) is 48.5 Å². The second-order valence-electron chi connectivity index (χ2n) is 6.98. The lowest BCUT2D eigenvalue weighted by atomic mass is 10.1. The predicted molar refractivity (Wildman–Crippen MR) is 115 cm³/mol. The maximum atomic E-state index is 12.7. The van der Waals surface area contributed by atoms with Crippen molar-refractivity contribution in [1.29, 1.82) is 0 Å². The number of hydrogen-bond donors (Lipinski definition) is 2. The Bertz CT molecular complexity index is 935. The zero-order chi connectivity index (χ0) is 20.1. The number of amides is 1. The molecule has 0 aliphatic heterocycles. The van der Waals surface area contributed by atoms with Crippen LogP contribution in [0.5, 0.6) is 0 Å². The van der Waals surface area contributed by atoms with Crippen LogP contribution in [0, 0.1) is 6.92 Å². The fourth-order valence-electron chi connectivity index (χ4n) is 3.30. The average Bonchev–Trinajstić information content (AvgIpc) is 3.16. The maximum Gasteiger partial charge on any atom is 0.255 e. The van der Waals surface area contributed by atoms with Gasteiger partial charge in [0.05, 0.1) is 4.90 Å². The van der Waals surface area contributed by atoms with E-state index in [1.807, 2.05) is 36.0 Å². The summed E-state index contributed by atoms with van der Waals surface area (Å²) in [7, 11) is -3.61. The summed E-state index contributed by atoms with van der Waals surface area (Å²) in [5.74, 6) is -0.317. The molecule has 0 heterocycles. The van der Waals surface area contributed by atoms with Gasteiger partial charge in [0.15, 0.2) is 0 Å². The summed E-state index contributed by atoms with van der Waals surface area (Å²) in [5.41, 5.74) is 1.77. The van der Waals surface area contributed by atoms with Gasteiger partial charge in [-0.3, -0.25) is 4.79 Å². The molecule has 28 heavy (non-hydrogen) atoms. The molecule has 7 heteroatoms. The van der Waals surface area contributed by atoms with Crippen LogP contribution in [0.2, 0.25) is 0 Å². The first-order valence-electron chi connectivity index (χ1n) is 9.57. The smallest absolute Gasteiger partial charge is 0.255 e. The molecule has 5 nitrogen and oxygen atoms in total. The fraction of sp³-hybridized carbons (Fsp3) is 0.381. The largest absolute Gasteiger partial charge is 0.322 e. The molecule has 0 aromatic heterocycles. The van der Waals surface area contributed by atoms with Crippen molar-refractivity contribution in [3.05, 3.63) is 53.6 Å². The molecule has 0 bridgehead atoms. The summed E-state index contributed by atoms with van der Waals surface area (Å²) in [6.45, 7) is 3.80. The van der Waals surface area contributed by atoms with E-state index in [2.05, 4.69) is 10.0 Å². The highest BCUT2D eigenvalue weighted by Gasteiger charge is 2.18. The van der Waals surface area contributed by atoms with Gasteiger partial charge in [0.1, 0.15) is 0 Å². The standard InChI is InChI=1S/C21H26N2O3S2/c1-3-22-28(25,26)19-13-8-15(2)20(14-19)21(24)23-16-9-11-18(12-10-16)27-17-6-4-5-7-17/h8-14,17,22H,3-7H2,1-2H3,(H,23,24). The van der Waals surface area contributed by atoms with Crippen LogP contribution in [0.4, 0.5) is 5.69 Å². The summed E-state index contributed by atoms with van der Waals surface area (Å²) in [4.78, 5) is 14.0. The number of thioether (sulfide) groups is 1. The zero-order valence-corrected chi connectivity index (χ0v) is 17.8.